The van der Waals surface area contributed by atoms with E-state index >= 15 is 0 Å². The van der Waals surface area contributed by atoms with Crippen molar-refractivity contribution >= 4 is 12.3 Å². The van der Waals surface area contributed by atoms with E-state index in [1.165, 1.54) is 0 Å². The Balaban J connectivity index is 2.97. The van der Waals surface area contributed by atoms with Crippen LogP contribution < -0.4 is 5.32 Å². The lowest BCUT2D eigenvalue weighted by Crippen LogP contribution is -2.32. The number of aromatic nitrogens is 2. The van der Waals surface area contributed by atoms with Crippen LogP contribution in [0.15, 0.2) is 11.2 Å². The molecular weight excluding hydrogens is 325 g/mol. The number of hydrogen-bond acceptors (Lipinski definition) is 4. The average molecular weight is 348 g/mol. The Morgan fingerprint density at radius 2 is 1.88 bits per heavy atom. The van der Waals surface area contributed by atoms with Crippen LogP contribution in [0.2, 0.25) is 0 Å². The van der Waals surface area contributed by atoms with E-state index < -0.39 is 17.9 Å². The normalized spacial score (nSPS) is 13.4. The lowest BCUT2D eigenvalue weighted by atomic mass is 9.92. The Bertz CT molecular complexity index is 608. The monoisotopic (exact) mass is 348 g/mol. The van der Waals surface area contributed by atoms with Crippen LogP contribution >= 0.6 is 0 Å². The zero-order chi connectivity index (χ0) is 18.8. The summed E-state index contributed by atoms with van der Waals surface area (Å²) in [6, 6.07) is 1.60. The van der Waals surface area contributed by atoms with Crippen LogP contribution in [-0.2, 0) is 16.7 Å². The van der Waals surface area contributed by atoms with Gasteiger partial charge in [-0.15, -0.1) is 0 Å². The number of hydrogen-bond donors (Lipinski definition) is 1. The lowest BCUT2D eigenvalue weighted by molar-refractivity contribution is -0.0540. The summed E-state index contributed by atoms with van der Waals surface area (Å²) >= 11 is 0. The number of nitrogens with zero attached hydrogens (tertiary/aromatic N) is 3. The van der Waals surface area contributed by atoms with Crippen LogP contribution in [0.3, 0.4) is 0 Å². The van der Waals surface area contributed by atoms with E-state index in [1.54, 1.807) is 26.8 Å². The van der Waals surface area contributed by atoms with Crippen molar-refractivity contribution in [3.8, 4) is 0 Å². The van der Waals surface area contributed by atoms with Crippen molar-refractivity contribution in [1.82, 2.24) is 15.2 Å². The molecule has 6 nitrogen and oxygen atoms in total. The second kappa shape index (κ2) is 6.82. The van der Waals surface area contributed by atoms with Gasteiger partial charge in [0, 0.05) is 5.41 Å². The van der Waals surface area contributed by atoms with Gasteiger partial charge in [0.1, 0.15) is 11.8 Å². The lowest BCUT2D eigenvalue weighted by Gasteiger charge is -2.19. The van der Waals surface area contributed by atoms with Gasteiger partial charge < -0.3 is 10.1 Å². The van der Waals surface area contributed by atoms with E-state index in [9.17, 15) is 18.0 Å². The molecule has 136 valence electrons. The first-order valence-corrected chi connectivity index (χ1v) is 7.36. The molecule has 24 heavy (non-hydrogen) atoms. The number of carbonyl (C=O) groups is 1. The number of alkyl carbamates (subject to hydrolysis) is 1. The highest BCUT2D eigenvalue weighted by Gasteiger charge is 2.25. The number of rotatable bonds is 3. The molecule has 9 heteroatoms. The number of nitrogens with one attached hydrogen (secondary N) is 1. The summed E-state index contributed by atoms with van der Waals surface area (Å²) in [6.45, 7) is 10.7. The van der Waals surface area contributed by atoms with Crippen molar-refractivity contribution in [2.75, 3.05) is 0 Å². The van der Waals surface area contributed by atoms with Gasteiger partial charge in [-0.25, -0.2) is 4.79 Å². The molecule has 0 aliphatic rings. The zero-order valence-electron chi connectivity index (χ0n) is 14.7. The first-order chi connectivity index (χ1) is 10.7. The Morgan fingerprint density at radius 1 is 1.29 bits per heavy atom. The van der Waals surface area contributed by atoms with E-state index in [-0.39, 0.29) is 18.2 Å². The van der Waals surface area contributed by atoms with Crippen LogP contribution in [0.25, 0.3) is 0 Å². The minimum absolute atomic E-state index is 0.0623. The molecule has 0 atom stereocenters. The predicted octanol–water partition coefficient (Wildman–Crippen LogP) is 3.60. The zero-order valence-corrected chi connectivity index (χ0v) is 14.7. The molecule has 1 aromatic rings. The van der Waals surface area contributed by atoms with Crippen LogP contribution in [-0.4, -0.2) is 34.0 Å². The van der Waals surface area contributed by atoms with Crippen LogP contribution in [0, 0.1) is 0 Å². The van der Waals surface area contributed by atoms with Crippen LogP contribution in [0.5, 0.6) is 0 Å². The number of ether oxygens (including phenoxy) is 1. The minimum atomic E-state index is -4.55. The van der Waals surface area contributed by atoms with Gasteiger partial charge in [0.2, 0.25) is 0 Å². The van der Waals surface area contributed by atoms with Crippen molar-refractivity contribution in [1.29, 1.82) is 0 Å². The summed E-state index contributed by atoms with van der Waals surface area (Å²) < 4.78 is 42.1. The summed E-state index contributed by atoms with van der Waals surface area (Å²) in [5.74, 6) is 0. The Labute approximate surface area is 139 Å². The fourth-order valence-electron chi connectivity index (χ4n) is 1.60. The molecule has 0 saturated heterocycles. The third kappa shape index (κ3) is 7.01. The summed E-state index contributed by atoms with van der Waals surface area (Å²) in [7, 11) is 0. The van der Waals surface area contributed by atoms with Crippen molar-refractivity contribution in [2.24, 2.45) is 5.10 Å². The maximum Gasteiger partial charge on any atom is 0.428 e. The third-order valence-electron chi connectivity index (χ3n) is 2.66. The highest BCUT2D eigenvalue weighted by molar-refractivity contribution is 5.67. The fraction of sp³-hybridized carbons (Fsp3) is 0.667. The van der Waals surface area contributed by atoms with Gasteiger partial charge in [0.25, 0.3) is 0 Å². The molecule has 0 bridgehead atoms. The molecule has 1 rings (SSSR count). The summed E-state index contributed by atoms with van der Waals surface area (Å²) in [6.07, 6.45) is -5.38. The molecule has 1 amide bonds. The molecule has 1 aromatic heterocycles. The van der Waals surface area contributed by atoms with Gasteiger partial charge in [0.15, 0.2) is 0 Å². The number of amides is 1. The fourth-order valence-corrected chi connectivity index (χ4v) is 1.60. The van der Waals surface area contributed by atoms with Crippen molar-refractivity contribution in [3.63, 3.8) is 0 Å². The van der Waals surface area contributed by atoms with Crippen LogP contribution in [0.4, 0.5) is 18.0 Å². The molecule has 1 heterocycles. The first-order valence-electron chi connectivity index (χ1n) is 7.36. The second-order valence-electron chi connectivity index (χ2n) is 7.30. The molecule has 0 spiro atoms. The molecule has 0 fully saturated rings. The smallest absolute Gasteiger partial charge is 0.428 e. The van der Waals surface area contributed by atoms with Crippen molar-refractivity contribution < 1.29 is 22.7 Å². The summed E-state index contributed by atoms with van der Waals surface area (Å²) in [4.78, 5) is 12.5. The largest absolute Gasteiger partial charge is 0.444 e. The Hall–Kier alpha value is -2.06. The minimum Gasteiger partial charge on any atom is -0.444 e. The Kier molecular flexibility index (Phi) is 5.68. The number of carbonyl (C=O) groups excluding carboxylic acids is 1. The van der Waals surface area contributed by atoms with Crippen LogP contribution in [0.1, 0.15) is 52.9 Å². The quantitative estimate of drug-likeness (QED) is 0.849. The highest BCUT2D eigenvalue weighted by Crippen LogP contribution is 2.22. The Morgan fingerprint density at radius 3 is 2.33 bits per heavy atom. The van der Waals surface area contributed by atoms with E-state index in [4.69, 9.17) is 4.74 Å². The van der Waals surface area contributed by atoms with Crippen molar-refractivity contribution in [2.45, 2.75) is 65.3 Å². The molecular formula is C15H23F3N4O2. The highest BCUT2D eigenvalue weighted by atomic mass is 19.4. The second-order valence-corrected chi connectivity index (χ2v) is 7.30. The molecule has 0 radical (unpaired) electrons. The predicted molar refractivity (Wildman–Crippen MR) is 83.9 cm³/mol. The van der Waals surface area contributed by atoms with E-state index in [0.717, 1.165) is 4.79 Å². The average Bonchev–Trinajstić information content (AvgIpc) is 2.74. The molecule has 0 saturated carbocycles. The first kappa shape index (κ1) is 20.0. The SMILES string of the molecule is CC(C)(C)OC(=O)NCc1cc(C(C)(C)C)nn1/N=C/C(F)(F)F. The molecule has 0 aliphatic heterocycles. The molecule has 0 unspecified atom stereocenters. The maximum absolute atomic E-state index is 12.3. The van der Waals surface area contributed by atoms with Gasteiger partial charge in [-0.3, -0.25) is 0 Å². The molecule has 0 aromatic carbocycles. The van der Waals surface area contributed by atoms with Gasteiger partial charge in [0.05, 0.1) is 17.9 Å². The third-order valence-corrected chi connectivity index (χ3v) is 2.66. The van der Waals surface area contributed by atoms with Gasteiger partial charge in [-0.2, -0.15) is 28.2 Å². The van der Waals surface area contributed by atoms with Gasteiger partial charge in [-0.1, -0.05) is 20.8 Å². The summed E-state index contributed by atoms with van der Waals surface area (Å²) in [5.41, 5.74) is -0.177. The van der Waals surface area contributed by atoms with Gasteiger partial charge in [-0.05, 0) is 26.8 Å². The maximum atomic E-state index is 12.3. The molecule has 0 aliphatic carbocycles. The standard InChI is InChI=1S/C15H23F3N4O2/c1-13(2,3)11-7-10(8-19-12(23)24-14(4,5)6)22(21-11)20-9-15(16,17)18/h7,9H,8H2,1-6H3,(H,19,23)/b20-9+. The topological polar surface area (TPSA) is 68.5 Å². The summed E-state index contributed by atoms with van der Waals surface area (Å²) in [5, 5.41) is 9.87. The van der Waals surface area contributed by atoms with E-state index in [2.05, 4.69) is 15.5 Å². The molecule has 1 N–H and O–H groups in total. The van der Waals surface area contributed by atoms with E-state index in [0.29, 0.717) is 11.4 Å². The van der Waals surface area contributed by atoms with E-state index in [1.807, 2.05) is 20.8 Å². The van der Waals surface area contributed by atoms with Crippen molar-refractivity contribution in [3.05, 3.63) is 17.5 Å². The van der Waals surface area contributed by atoms with Gasteiger partial charge >= 0.3 is 12.3 Å². The number of halogens is 3. The number of alkyl halides is 3.